The van der Waals surface area contributed by atoms with Gasteiger partial charge in [-0.3, -0.25) is 4.79 Å². The molecule has 0 aromatic heterocycles. The van der Waals surface area contributed by atoms with Gasteiger partial charge in [-0.2, -0.15) is 0 Å². The molecule has 5 aromatic rings. The highest BCUT2D eigenvalue weighted by atomic mass is 16.5. The van der Waals surface area contributed by atoms with E-state index < -0.39 is 5.60 Å². The summed E-state index contributed by atoms with van der Waals surface area (Å²) in [6, 6.07) is 30.3. The minimum Gasteiger partial charge on any atom is -0.497 e. The minimum atomic E-state index is -0.958. The Morgan fingerprint density at radius 3 is 2.05 bits per heavy atom. The molecule has 1 aliphatic heterocycles. The van der Waals surface area contributed by atoms with Crippen molar-refractivity contribution >= 4 is 23.1 Å². The fourth-order valence-electron chi connectivity index (χ4n) is 13.0. The summed E-state index contributed by atoms with van der Waals surface area (Å²) in [5.41, 5.74) is 9.92. The first-order valence-corrected chi connectivity index (χ1v) is 20.9. The first-order chi connectivity index (χ1) is 27.0. The predicted octanol–water partition coefficient (Wildman–Crippen LogP) is 12.8. The molecule has 2 unspecified atom stereocenters. The normalized spacial score (nSPS) is 25.9. The third-order valence-electron chi connectivity index (χ3n) is 14.5. The maximum Gasteiger partial charge on any atom is 0.178 e. The molecule has 0 saturated heterocycles. The topological polar surface area (TPSA) is 44.8 Å². The van der Waals surface area contributed by atoms with Crippen LogP contribution in [0.3, 0.4) is 0 Å². The van der Waals surface area contributed by atoms with E-state index in [2.05, 4.69) is 88.4 Å². The van der Waals surface area contributed by atoms with Crippen LogP contribution in [0.15, 0.2) is 91.0 Å². The molecule has 4 heteroatoms. The van der Waals surface area contributed by atoms with Crippen LogP contribution >= 0.6 is 0 Å². The zero-order chi connectivity index (χ0) is 38.6. The van der Waals surface area contributed by atoms with Crippen LogP contribution in [-0.4, -0.2) is 20.5 Å². The Balaban J connectivity index is 1.30. The molecule has 1 spiro atoms. The fourth-order valence-corrected chi connectivity index (χ4v) is 13.0. The monoisotopic (exact) mass is 742 g/mol. The molecule has 2 bridgehead atoms. The average Bonchev–Trinajstić information content (AvgIpc) is 3.47. The summed E-state index contributed by atoms with van der Waals surface area (Å²) in [4.78, 5) is 11.8. The van der Waals surface area contributed by atoms with Crippen molar-refractivity contribution in [3.63, 3.8) is 0 Å². The Bertz CT molecular complexity index is 2390. The van der Waals surface area contributed by atoms with Crippen molar-refractivity contribution in [3.8, 4) is 28.4 Å². The maximum atomic E-state index is 11.8. The van der Waals surface area contributed by atoms with Gasteiger partial charge in [0.05, 0.1) is 14.2 Å². The molecule has 5 aliphatic carbocycles. The molecule has 0 N–H and O–H groups in total. The lowest BCUT2D eigenvalue weighted by Gasteiger charge is -2.52. The Labute approximate surface area is 332 Å². The van der Waals surface area contributed by atoms with E-state index in [0.29, 0.717) is 17.4 Å². The van der Waals surface area contributed by atoms with Gasteiger partial charge in [-0.1, -0.05) is 107 Å². The van der Waals surface area contributed by atoms with Crippen LogP contribution in [0.5, 0.6) is 17.2 Å². The van der Waals surface area contributed by atoms with E-state index >= 15 is 0 Å². The zero-order valence-electron chi connectivity index (χ0n) is 33.8. The highest BCUT2D eigenvalue weighted by Crippen LogP contribution is 2.67. The van der Waals surface area contributed by atoms with E-state index in [1.807, 2.05) is 43.5 Å². The van der Waals surface area contributed by atoms with E-state index in [0.717, 1.165) is 58.8 Å². The van der Waals surface area contributed by atoms with Crippen molar-refractivity contribution in [3.05, 3.63) is 130 Å². The fraction of sp³-hybridized carbons (Fsp3) is 0.404. The van der Waals surface area contributed by atoms with E-state index in [-0.39, 0.29) is 16.2 Å². The lowest BCUT2D eigenvalue weighted by molar-refractivity contribution is 0.0642. The second-order valence-corrected chi connectivity index (χ2v) is 19.4. The van der Waals surface area contributed by atoms with Gasteiger partial charge >= 0.3 is 0 Å². The smallest absolute Gasteiger partial charge is 0.178 e. The highest BCUT2D eigenvalue weighted by molar-refractivity contribution is 6.09. The van der Waals surface area contributed by atoms with Crippen molar-refractivity contribution in [2.24, 2.45) is 22.7 Å². The van der Waals surface area contributed by atoms with Crippen molar-refractivity contribution in [1.29, 1.82) is 0 Å². The molecule has 286 valence electrons. The first-order valence-electron chi connectivity index (χ1n) is 20.9. The zero-order valence-corrected chi connectivity index (χ0v) is 33.8. The van der Waals surface area contributed by atoms with Gasteiger partial charge in [-0.25, -0.2) is 0 Å². The van der Waals surface area contributed by atoms with Gasteiger partial charge in [0.2, 0.25) is 0 Å². The number of aldehydes is 1. The lowest BCUT2D eigenvalue weighted by atomic mass is 9.52. The molecule has 56 heavy (non-hydrogen) atoms. The Hall–Kier alpha value is -4.83. The number of hydrogen-bond donors (Lipinski definition) is 0. The maximum absolute atomic E-state index is 11.8. The number of methoxy groups -OCH3 is 2. The van der Waals surface area contributed by atoms with Crippen LogP contribution in [0.25, 0.3) is 28.0 Å². The van der Waals surface area contributed by atoms with E-state index in [9.17, 15) is 4.79 Å². The number of carbonyl (C=O) groups excluding carboxylic acids is 1. The Morgan fingerprint density at radius 1 is 0.750 bits per heavy atom. The summed E-state index contributed by atoms with van der Waals surface area (Å²) in [7, 11) is 3.55. The molecule has 5 aromatic carbocycles. The number of hydrogen-bond acceptors (Lipinski definition) is 4. The molecule has 2 atom stereocenters. The van der Waals surface area contributed by atoms with Crippen molar-refractivity contribution in [2.75, 3.05) is 14.2 Å². The van der Waals surface area contributed by atoms with Gasteiger partial charge in [0.1, 0.15) is 23.5 Å². The van der Waals surface area contributed by atoms with Gasteiger partial charge in [0, 0.05) is 33.1 Å². The second kappa shape index (κ2) is 12.6. The largest absolute Gasteiger partial charge is 0.497 e. The van der Waals surface area contributed by atoms with Crippen LogP contribution in [-0.2, 0) is 11.0 Å². The van der Waals surface area contributed by atoms with Gasteiger partial charge in [0.15, 0.2) is 5.60 Å². The van der Waals surface area contributed by atoms with Gasteiger partial charge < -0.3 is 14.2 Å². The summed E-state index contributed by atoms with van der Waals surface area (Å²) in [5.74, 6) is 4.68. The lowest BCUT2D eigenvalue weighted by Crippen LogP contribution is -2.44. The minimum absolute atomic E-state index is 0.136. The first kappa shape index (κ1) is 35.6. The van der Waals surface area contributed by atoms with Gasteiger partial charge in [-0.15, -0.1) is 0 Å². The van der Waals surface area contributed by atoms with Gasteiger partial charge in [0.25, 0.3) is 0 Å². The number of carbonyl (C=O) groups is 1. The van der Waals surface area contributed by atoms with Crippen molar-refractivity contribution in [2.45, 2.75) is 96.0 Å². The molecular weight excluding hydrogens is 689 g/mol. The quantitative estimate of drug-likeness (QED) is 0.163. The second-order valence-electron chi connectivity index (χ2n) is 19.4. The van der Waals surface area contributed by atoms with Crippen LogP contribution in [0.4, 0.5) is 0 Å². The summed E-state index contributed by atoms with van der Waals surface area (Å²) in [5, 5.41) is 2.37. The predicted molar refractivity (Wildman–Crippen MR) is 226 cm³/mol. The number of fused-ring (bicyclic) bond motifs is 13. The summed E-state index contributed by atoms with van der Waals surface area (Å²) in [6.07, 6.45) is 15.5. The number of rotatable bonds is 6. The number of ether oxygens (including phenoxy) is 3. The van der Waals surface area contributed by atoms with Crippen molar-refractivity contribution in [1.82, 2.24) is 0 Å². The third-order valence-corrected chi connectivity index (χ3v) is 14.5. The Kier molecular flexibility index (Phi) is 8.00. The van der Waals surface area contributed by atoms with E-state index in [1.54, 1.807) is 7.11 Å². The molecule has 6 aliphatic rings. The Morgan fingerprint density at radius 2 is 1.43 bits per heavy atom. The molecule has 1 heterocycles. The van der Waals surface area contributed by atoms with Crippen LogP contribution in [0.1, 0.15) is 129 Å². The summed E-state index contributed by atoms with van der Waals surface area (Å²) >= 11 is 0. The summed E-state index contributed by atoms with van der Waals surface area (Å²) < 4.78 is 19.8. The van der Waals surface area contributed by atoms with Gasteiger partial charge in [-0.05, 0) is 131 Å². The standard InChI is InChI=1S/C52H54O4/c1-49(2)29-50(3,4)31-51(30-49)44-10-8-7-9-38(44)46-42-26-41(40-25-32-11-15-34(40)16-12-32)45(55-6)27-43(42)48-39(47(46)51)23-24-52(56-48,35-17-13-33(28-53)14-18-35)36-19-21-37(54-5)22-20-36/h7-10,13-14,17-24,26-28,32,34,40H,11-12,15-16,25,29-31H2,1-6H3. The molecule has 0 radical (unpaired) electrons. The van der Waals surface area contributed by atoms with Crippen LogP contribution in [0.2, 0.25) is 0 Å². The molecule has 11 rings (SSSR count). The highest BCUT2D eigenvalue weighted by Gasteiger charge is 2.55. The number of benzene rings is 5. The van der Waals surface area contributed by atoms with Crippen molar-refractivity contribution < 1.29 is 19.0 Å². The molecule has 4 nitrogen and oxygen atoms in total. The van der Waals surface area contributed by atoms with E-state index in [1.165, 1.54) is 77.3 Å². The third kappa shape index (κ3) is 5.27. The molecule has 4 fully saturated rings. The van der Waals surface area contributed by atoms with Crippen LogP contribution in [0, 0.1) is 22.7 Å². The van der Waals surface area contributed by atoms with Crippen LogP contribution < -0.4 is 14.2 Å². The summed E-state index contributed by atoms with van der Waals surface area (Å²) in [6.45, 7) is 9.92. The average molecular weight is 743 g/mol. The molecule has 0 amide bonds. The molecular formula is C52H54O4. The van der Waals surface area contributed by atoms with E-state index in [4.69, 9.17) is 14.2 Å². The SMILES string of the molecule is COc1ccc(C2(c3ccc(C=O)cc3)C=Cc3c4c(c5cc(C6CC7CCC6CC7)c(OC)cc5c3O2)-c2ccccc2C42CC(C)(C)CC(C)(C)C2)cc1. The molecule has 4 saturated carbocycles.